The first-order valence-corrected chi connectivity index (χ1v) is 8.64. The maximum atomic E-state index is 12.7. The minimum Gasteiger partial charge on any atom is -0.495 e. The fourth-order valence-electron chi connectivity index (χ4n) is 2.68. The summed E-state index contributed by atoms with van der Waals surface area (Å²) in [5.74, 6) is 0.105. The Bertz CT molecular complexity index is 1010. The maximum absolute atomic E-state index is 12.7. The van der Waals surface area contributed by atoms with Gasteiger partial charge in [-0.15, -0.1) is 0 Å². The minimum atomic E-state index is -0.395. The maximum Gasteiger partial charge on any atom is 0.291 e. The molecular formula is C19H17BrN2O4. The lowest BCUT2D eigenvalue weighted by Crippen LogP contribution is -2.13. The van der Waals surface area contributed by atoms with Gasteiger partial charge in [0.25, 0.3) is 5.91 Å². The van der Waals surface area contributed by atoms with Crippen molar-refractivity contribution in [2.45, 2.75) is 13.8 Å². The van der Waals surface area contributed by atoms with E-state index in [1.54, 1.807) is 24.3 Å². The topological polar surface area (TPSA) is 80.6 Å². The summed E-state index contributed by atoms with van der Waals surface area (Å²) in [4.78, 5) is 24.0. The van der Waals surface area contributed by atoms with Crippen molar-refractivity contribution >= 4 is 50.1 Å². The van der Waals surface area contributed by atoms with E-state index in [-0.39, 0.29) is 11.7 Å². The molecule has 2 amide bonds. The zero-order chi connectivity index (χ0) is 18.8. The van der Waals surface area contributed by atoms with Crippen LogP contribution < -0.4 is 15.4 Å². The molecular weight excluding hydrogens is 400 g/mol. The van der Waals surface area contributed by atoms with Gasteiger partial charge in [0, 0.05) is 28.0 Å². The van der Waals surface area contributed by atoms with Gasteiger partial charge in [-0.25, -0.2) is 0 Å². The molecule has 0 aliphatic rings. The third-order valence-electron chi connectivity index (χ3n) is 3.87. The van der Waals surface area contributed by atoms with Gasteiger partial charge in [0.15, 0.2) is 5.76 Å². The number of methoxy groups -OCH3 is 1. The number of fused-ring (bicyclic) bond motifs is 1. The Balaban J connectivity index is 1.94. The molecule has 6 nitrogen and oxygen atoms in total. The number of carbonyl (C=O) groups excluding carboxylic acids is 2. The summed E-state index contributed by atoms with van der Waals surface area (Å²) in [5, 5.41) is 6.33. The number of carbonyl (C=O) groups is 2. The third-order valence-corrected chi connectivity index (χ3v) is 4.37. The van der Waals surface area contributed by atoms with Crippen molar-refractivity contribution in [2.75, 3.05) is 17.7 Å². The van der Waals surface area contributed by atoms with Gasteiger partial charge >= 0.3 is 0 Å². The Morgan fingerprint density at radius 1 is 1.12 bits per heavy atom. The first-order chi connectivity index (χ1) is 12.4. The minimum absolute atomic E-state index is 0.203. The highest BCUT2D eigenvalue weighted by atomic mass is 79.9. The molecule has 0 aliphatic carbocycles. The second-order valence-electron chi connectivity index (χ2n) is 5.75. The SMILES string of the molecule is COc1ccc(NC(C)=O)cc1NC(=O)c1oc2ccc(Br)cc2c1C. The van der Waals surface area contributed by atoms with Crippen molar-refractivity contribution < 1.29 is 18.7 Å². The van der Waals surface area contributed by atoms with Gasteiger partial charge in [0.05, 0.1) is 12.8 Å². The smallest absolute Gasteiger partial charge is 0.291 e. The first kappa shape index (κ1) is 18.0. The van der Waals surface area contributed by atoms with Crippen molar-refractivity contribution in [3.8, 4) is 5.75 Å². The Morgan fingerprint density at radius 3 is 2.58 bits per heavy atom. The van der Waals surface area contributed by atoms with E-state index in [2.05, 4.69) is 26.6 Å². The zero-order valence-electron chi connectivity index (χ0n) is 14.5. The van der Waals surface area contributed by atoms with E-state index in [4.69, 9.17) is 9.15 Å². The van der Waals surface area contributed by atoms with Gasteiger partial charge in [0.1, 0.15) is 11.3 Å². The molecule has 134 valence electrons. The highest BCUT2D eigenvalue weighted by molar-refractivity contribution is 9.10. The third kappa shape index (κ3) is 3.57. The fourth-order valence-corrected chi connectivity index (χ4v) is 3.04. The number of anilines is 2. The summed E-state index contributed by atoms with van der Waals surface area (Å²) in [7, 11) is 1.51. The summed E-state index contributed by atoms with van der Waals surface area (Å²) in [6.45, 7) is 3.25. The number of nitrogens with one attached hydrogen (secondary N) is 2. The summed E-state index contributed by atoms with van der Waals surface area (Å²) >= 11 is 3.42. The average Bonchev–Trinajstić information content (AvgIpc) is 2.91. The van der Waals surface area contributed by atoms with Crippen molar-refractivity contribution in [3.63, 3.8) is 0 Å². The predicted octanol–water partition coefficient (Wildman–Crippen LogP) is 4.72. The Hall–Kier alpha value is -2.80. The molecule has 3 aromatic rings. The molecule has 7 heteroatoms. The highest BCUT2D eigenvalue weighted by Crippen LogP contribution is 2.31. The highest BCUT2D eigenvalue weighted by Gasteiger charge is 2.19. The van der Waals surface area contributed by atoms with E-state index >= 15 is 0 Å². The van der Waals surface area contributed by atoms with Gasteiger partial charge in [-0.3, -0.25) is 9.59 Å². The van der Waals surface area contributed by atoms with Crippen LogP contribution in [0.2, 0.25) is 0 Å². The second-order valence-corrected chi connectivity index (χ2v) is 6.66. The van der Waals surface area contributed by atoms with Crippen LogP contribution in [0, 0.1) is 6.92 Å². The number of rotatable bonds is 4. The molecule has 0 aliphatic heterocycles. The lowest BCUT2D eigenvalue weighted by Gasteiger charge is -2.12. The molecule has 2 aromatic carbocycles. The van der Waals surface area contributed by atoms with Crippen LogP contribution >= 0.6 is 15.9 Å². The fraction of sp³-hybridized carbons (Fsp3) is 0.158. The lowest BCUT2D eigenvalue weighted by molar-refractivity contribution is -0.114. The average molecular weight is 417 g/mol. The molecule has 0 fully saturated rings. The van der Waals surface area contributed by atoms with Crippen LogP contribution in [-0.4, -0.2) is 18.9 Å². The van der Waals surface area contributed by atoms with E-state index in [0.29, 0.717) is 22.7 Å². The molecule has 0 atom stereocenters. The number of aryl methyl sites for hydroxylation is 1. The van der Waals surface area contributed by atoms with Crippen LogP contribution in [0.5, 0.6) is 5.75 Å². The number of benzene rings is 2. The van der Waals surface area contributed by atoms with Crippen LogP contribution in [0.25, 0.3) is 11.0 Å². The zero-order valence-corrected chi connectivity index (χ0v) is 16.1. The van der Waals surface area contributed by atoms with Crippen LogP contribution in [-0.2, 0) is 4.79 Å². The van der Waals surface area contributed by atoms with Crippen LogP contribution in [0.15, 0.2) is 45.3 Å². The van der Waals surface area contributed by atoms with Crippen molar-refractivity contribution in [3.05, 3.63) is 52.2 Å². The largest absolute Gasteiger partial charge is 0.495 e. The number of furan rings is 1. The number of ether oxygens (including phenoxy) is 1. The van der Waals surface area contributed by atoms with Gasteiger partial charge in [-0.05, 0) is 43.3 Å². The Morgan fingerprint density at radius 2 is 1.88 bits per heavy atom. The normalized spacial score (nSPS) is 10.6. The molecule has 2 N–H and O–H groups in total. The molecule has 0 saturated heterocycles. The van der Waals surface area contributed by atoms with Crippen LogP contribution in [0.3, 0.4) is 0 Å². The monoisotopic (exact) mass is 416 g/mol. The summed E-state index contributed by atoms with van der Waals surface area (Å²) in [5.41, 5.74) is 2.37. The van der Waals surface area contributed by atoms with E-state index in [0.717, 1.165) is 15.4 Å². The van der Waals surface area contributed by atoms with Crippen molar-refractivity contribution in [2.24, 2.45) is 0 Å². The standard InChI is InChI=1S/C19H17BrN2O4/c1-10-14-8-12(20)4-6-16(14)26-18(10)19(24)22-15-9-13(21-11(2)23)5-7-17(15)25-3/h4-9H,1-3H3,(H,21,23)(H,22,24). The molecule has 1 aromatic heterocycles. The second kappa shape index (κ2) is 7.21. The quantitative estimate of drug-likeness (QED) is 0.644. The summed E-state index contributed by atoms with van der Waals surface area (Å²) in [6, 6.07) is 10.6. The van der Waals surface area contributed by atoms with Crippen molar-refractivity contribution in [1.82, 2.24) is 0 Å². The predicted molar refractivity (Wildman–Crippen MR) is 104 cm³/mol. The Labute approximate surface area is 158 Å². The van der Waals surface area contributed by atoms with E-state index in [9.17, 15) is 9.59 Å². The molecule has 0 saturated carbocycles. The van der Waals surface area contributed by atoms with Gasteiger partial charge in [0.2, 0.25) is 5.91 Å². The van der Waals surface area contributed by atoms with Gasteiger partial charge < -0.3 is 19.8 Å². The number of hydrogen-bond acceptors (Lipinski definition) is 4. The Kier molecular flexibility index (Phi) is 4.99. The first-order valence-electron chi connectivity index (χ1n) is 7.84. The van der Waals surface area contributed by atoms with E-state index < -0.39 is 5.91 Å². The molecule has 0 radical (unpaired) electrons. The van der Waals surface area contributed by atoms with E-state index in [1.165, 1.54) is 14.0 Å². The number of halogens is 1. The number of amides is 2. The molecule has 26 heavy (non-hydrogen) atoms. The lowest BCUT2D eigenvalue weighted by atomic mass is 10.1. The van der Waals surface area contributed by atoms with Gasteiger partial charge in [-0.2, -0.15) is 0 Å². The molecule has 0 unspecified atom stereocenters. The molecule has 0 spiro atoms. The van der Waals surface area contributed by atoms with E-state index in [1.807, 2.05) is 19.1 Å². The van der Waals surface area contributed by atoms with Crippen LogP contribution in [0.1, 0.15) is 23.0 Å². The molecule has 0 bridgehead atoms. The summed E-state index contributed by atoms with van der Waals surface area (Å²) < 4.78 is 11.9. The number of hydrogen-bond donors (Lipinski definition) is 2. The molecule has 3 rings (SSSR count). The van der Waals surface area contributed by atoms with Crippen molar-refractivity contribution in [1.29, 1.82) is 0 Å². The van der Waals surface area contributed by atoms with Crippen LogP contribution in [0.4, 0.5) is 11.4 Å². The van der Waals surface area contributed by atoms with Gasteiger partial charge in [-0.1, -0.05) is 15.9 Å². The summed E-state index contributed by atoms with van der Waals surface area (Å²) in [6.07, 6.45) is 0. The molecule has 1 heterocycles.